The number of benzene rings is 1. The molecule has 1 amide bonds. The van der Waals surface area contributed by atoms with E-state index in [1.54, 1.807) is 24.3 Å². The molecule has 1 unspecified atom stereocenters. The van der Waals surface area contributed by atoms with Crippen LogP contribution in [0.1, 0.15) is 12.5 Å². The van der Waals surface area contributed by atoms with Gasteiger partial charge in [-0.25, -0.2) is 0 Å². The van der Waals surface area contributed by atoms with Crippen molar-refractivity contribution in [3.05, 3.63) is 29.8 Å². The lowest BCUT2D eigenvalue weighted by Gasteiger charge is -2.12. The molecule has 0 radical (unpaired) electrons. The molecule has 3 N–H and O–H groups in total. The van der Waals surface area contributed by atoms with Crippen LogP contribution >= 0.6 is 0 Å². The van der Waals surface area contributed by atoms with Crippen molar-refractivity contribution in [3.63, 3.8) is 0 Å². The summed E-state index contributed by atoms with van der Waals surface area (Å²) in [6.07, 6.45) is -0.731. The molecule has 1 atom stereocenters. The quantitative estimate of drug-likeness (QED) is 0.589. The Hall–Kier alpha value is -2.04. The highest BCUT2D eigenvalue weighted by molar-refractivity contribution is 5.84. The predicted octanol–water partition coefficient (Wildman–Crippen LogP) is 0.489. The number of hydrogen-bond acceptors (Lipinski definition) is 4. The van der Waals surface area contributed by atoms with Crippen molar-refractivity contribution in [2.75, 3.05) is 12.8 Å². The van der Waals surface area contributed by atoms with Crippen molar-refractivity contribution in [3.8, 4) is 0 Å². The second kappa shape index (κ2) is 5.89. The SMILES string of the molecule is CNC(=O)C(C)OC(=O)Cc1ccccc1N. The van der Waals surface area contributed by atoms with Crippen LogP contribution in [0.4, 0.5) is 5.69 Å². The van der Waals surface area contributed by atoms with Crippen molar-refractivity contribution in [1.29, 1.82) is 0 Å². The number of carbonyl (C=O) groups excluding carboxylic acids is 2. The van der Waals surface area contributed by atoms with E-state index in [0.29, 0.717) is 11.3 Å². The van der Waals surface area contributed by atoms with Crippen molar-refractivity contribution < 1.29 is 14.3 Å². The number of likely N-dealkylation sites (N-methyl/N-ethyl adjacent to an activating group) is 1. The van der Waals surface area contributed by atoms with E-state index >= 15 is 0 Å². The molecular formula is C12H16N2O3. The second-order valence-electron chi connectivity index (χ2n) is 3.62. The van der Waals surface area contributed by atoms with Crippen LogP contribution in [0.15, 0.2) is 24.3 Å². The first-order valence-electron chi connectivity index (χ1n) is 5.29. The van der Waals surface area contributed by atoms with E-state index in [1.807, 2.05) is 0 Å². The molecule has 0 saturated heterocycles. The summed E-state index contributed by atoms with van der Waals surface area (Å²) in [5, 5.41) is 2.40. The van der Waals surface area contributed by atoms with E-state index < -0.39 is 12.1 Å². The van der Waals surface area contributed by atoms with Gasteiger partial charge < -0.3 is 15.8 Å². The molecule has 1 rings (SSSR count). The summed E-state index contributed by atoms with van der Waals surface area (Å²) >= 11 is 0. The van der Waals surface area contributed by atoms with Gasteiger partial charge >= 0.3 is 5.97 Å². The highest BCUT2D eigenvalue weighted by Crippen LogP contribution is 2.12. The fourth-order valence-electron chi connectivity index (χ4n) is 1.35. The maximum Gasteiger partial charge on any atom is 0.311 e. The summed E-state index contributed by atoms with van der Waals surface area (Å²) in [6, 6.07) is 7.05. The van der Waals surface area contributed by atoms with E-state index in [4.69, 9.17) is 10.5 Å². The van der Waals surface area contributed by atoms with E-state index in [2.05, 4.69) is 5.32 Å². The van der Waals surface area contributed by atoms with Crippen molar-refractivity contribution >= 4 is 17.6 Å². The highest BCUT2D eigenvalue weighted by atomic mass is 16.5. The molecule has 1 aromatic rings. The van der Waals surface area contributed by atoms with E-state index in [-0.39, 0.29) is 12.3 Å². The van der Waals surface area contributed by atoms with Crippen LogP contribution in [-0.4, -0.2) is 25.0 Å². The Morgan fingerprint density at radius 1 is 1.41 bits per heavy atom. The Bertz CT molecular complexity index is 418. The van der Waals surface area contributed by atoms with Gasteiger partial charge in [0.2, 0.25) is 0 Å². The van der Waals surface area contributed by atoms with E-state index in [9.17, 15) is 9.59 Å². The summed E-state index contributed by atoms with van der Waals surface area (Å²) in [6.45, 7) is 1.52. The molecule has 0 aliphatic carbocycles. The molecule has 0 saturated carbocycles. The molecule has 5 heteroatoms. The first-order valence-corrected chi connectivity index (χ1v) is 5.29. The minimum absolute atomic E-state index is 0.0635. The average Bonchev–Trinajstić information content (AvgIpc) is 2.31. The lowest BCUT2D eigenvalue weighted by molar-refractivity contribution is -0.153. The van der Waals surface area contributed by atoms with E-state index in [0.717, 1.165) is 0 Å². The van der Waals surface area contributed by atoms with Crippen molar-refractivity contribution in [2.45, 2.75) is 19.4 Å². The number of anilines is 1. The van der Waals surface area contributed by atoms with Crippen LogP contribution in [0.25, 0.3) is 0 Å². The summed E-state index contributed by atoms with van der Waals surface area (Å²) in [5.74, 6) is -0.807. The zero-order valence-electron chi connectivity index (χ0n) is 9.90. The number of ether oxygens (including phenoxy) is 1. The van der Waals surface area contributed by atoms with Gasteiger partial charge in [0.25, 0.3) is 5.91 Å². The van der Waals surface area contributed by atoms with Crippen molar-refractivity contribution in [2.24, 2.45) is 0 Å². The van der Waals surface area contributed by atoms with Gasteiger partial charge in [-0.15, -0.1) is 0 Å². The van der Waals surface area contributed by atoms with Gasteiger partial charge in [0.05, 0.1) is 6.42 Å². The first kappa shape index (κ1) is 13.0. The molecule has 17 heavy (non-hydrogen) atoms. The molecule has 1 aromatic carbocycles. The molecule has 0 aliphatic rings. The van der Waals surface area contributed by atoms with Gasteiger partial charge in [0, 0.05) is 12.7 Å². The molecule has 0 heterocycles. The standard InChI is InChI=1S/C12H16N2O3/c1-8(12(16)14-2)17-11(15)7-9-5-3-4-6-10(9)13/h3-6,8H,7,13H2,1-2H3,(H,14,16). The number of nitrogens with one attached hydrogen (secondary N) is 1. The molecule has 5 nitrogen and oxygen atoms in total. The zero-order valence-corrected chi connectivity index (χ0v) is 9.90. The van der Waals surface area contributed by atoms with Crippen LogP contribution < -0.4 is 11.1 Å². The molecular weight excluding hydrogens is 220 g/mol. The fraction of sp³-hybridized carbons (Fsp3) is 0.333. The number of nitrogens with two attached hydrogens (primary N) is 1. The maximum atomic E-state index is 11.5. The van der Waals surface area contributed by atoms with Gasteiger partial charge in [0.1, 0.15) is 0 Å². The van der Waals surface area contributed by atoms with E-state index in [1.165, 1.54) is 14.0 Å². The third kappa shape index (κ3) is 3.79. The second-order valence-corrected chi connectivity index (χ2v) is 3.62. The Balaban J connectivity index is 2.56. The number of para-hydroxylation sites is 1. The Labute approximate surface area is 99.9 Å². The number of carbonyl (C=O) groups is 2. The number of hydrogen-bond donors (Lipinski definition) is 2. The summed E-state index contributed by atoms with van der Waals surface area (Å²) in [5.41, 5.74) is 6.93. The highest BCUT2D eigenvalue weighted by Gasteiger charge is 2.16. The predicted molar refractivity (Wildman–Crippen MR) is 64.2 cm³/mol. The largest absolute Gasteiger partial charge is 0.452 e. The lowest BCUT2D eigenvalue weighted by atomic mass is 10.1. The molecule has 0 aliphatic heterocycles. The molecule has 92 valence electrons. The van der Waals surface area contributed by atoms with Gasteiger partial charge in [-0.3, -0.25) is 9.59 Å². The Morgan fingerprint density at radius 3 is 2.65 bits per heavy atom. The van der Waals surface area contributed by atoms with Crippen LogP contribution in [-0.2, 0) is 20.7 Å². The van der Waals surface area contributed by atoms with Crippen LogP contribution in [0, 0.1) is 0 Å². The van der Waals surface area contributed by atoms with Gasteiger partial charge in [-0.1, -0.05) is 18.2 Å². The Morgan fingerprint density at radius 2 is 2.06 bits per heavy atom. The minimum Gasteiger partial charge on any atom is -0.452 e. The summed E-state index contributed by atoms with van der Waals surface area (Å²) < 4.78 is 4.96. The smallest absolute Gasteiger partial charge is 0.311 e. The molecule has 0 spiro atoms. The molecule has 0 bridgehead atoms. The van der Waals surface area contributed by atoms with Gasteiger partial charge in [-0.2, -0.15) is 0 Å². The third-order valence-corrected chi connectivity index (χ3v) is 2.31. The topological polar surface area (TPSA) is 81.4 Å². The monoisotopic (exact) mass is 236 g/mol. The number of rotatable bonds is 4. The van der Waals surface area contributed by atoms with Crippen LogP contribution in [0.3, 0.4) is 0 Å². The molecule has 0 fully saturated rings. The van der Waals surface area contributed by atoms with Crippen molar-refractivity contribution in [1.82, 2.24) is 5.32 Å². The van der Waals surface area contributed by atoms with Crippen LogP contribution in [0.2, 0.25) is 0 Å². The number of esters is 1. The minimum atomic E-state index is -0.794. The average molecular weight is 236 g/mol. The zero-order chi connectivity index (χ0) is 12.8. The van der Waals surface area contributed by atoms with Gasteiger partial charge in [0.15, 0.2) is 6.10 Å². The first-order chi connectivity index (χ1) is 8.04. The Kier molecular flexibility index (Phi) is 4.51. The lowest BCUT2D eigenvalue weighted by Crippen LogP contribution is -2.33. The van der Waals surface area contributed by atoms with Gasteiger partial charge in [-0.05, 0) is 18.6 Å². The summed E-state index contributed by atoms with van der Waals surface area (Å²) in [7, 11) is 1.49. The third-order valence-electron chi connectivity index (χ3n) is 2.31. The maximum absolute atomic E-state index is 11.5. The number of amides is 1. The normalized spacial score (nSPS) is 11.6. The fourth-order valence-corrected chi connectivity index (χ4v) is 1.35. The molecule has 0 aromatic heterocycles. The van der Waals surface area contributed by atoms with Crippen LogP contribution in [0.5, 0.6) is 0 Å². The summed E-state index contributed by atoms with van der Waals surface area (Å²) in [4.78, 5) is 22.7. The number of nitrogen functional groups attached to an aromatic ring is 1.